The fraction of sp³-hybridized carbons (Fsp3) is 0.269. The van der Waals surface area contributed by atoms with E-state index in [9.17, 15) is 13.2 Å². The zero-order chi connectivity index (χ0) is 26.6. The predicted molar refractivity (Wildman–Crippen MR) is 140 cm³/mol. The lowest BCUT2D eigenvalue weighted by atomic mass is 9.95. The molecular weight excluding hydrogens is 523 g/mol. The molecule has 4 aromatic rings. The van der Waals surface area contributed by atoms with Crippen molar-refractivity contribution in [3.63, 3.8) is 0 Å². The average Bonchev–Trinajstić information content (AvgIpc) is 3.27. The molecule has 37 heavy (non-hydrogen) atoms. The van der Waals surface area contributed by atoms with Gasteiger partial charge in [0.05, 0.1) is 16.8 Å². The van der Waals surface area contributed by atoms with Crippen LogP contribution in [-0.2, 0) is 19.6 Å². The van der Waals surface area contributed by atoms with Crippen LogP contribution in [0.25, 0.3) is 11.3 Å². The Hall–Kier alpha value is -3.24. The van der Waals surface area contributed by atoms with Gasteiger partial charge in [-0.15, -0.1) is 0 Å². The minimum absolute atomic E-state index is 0.0283. The quantitative estimate of drug-likeness (QED) is 0.214. The van der Waals surface area contributed by atoms with Gasteiger partial charge in [0.2, 0.25) is 11.8 Å². The summed E-state index contributed by atoms with van der Waals surface area (Å²) in [6.07, 6.45) is 0.0243. The van der Waals surface area contributed by atoms with E-state index in [1.807, 2.05) is 12.1 Å². The van der Waals surface area contributed by atoms with E-state index in [-0.39, 0.29) is 17.4 Å². The lowest BCUT2D eigenvalue weighted by Gasteiger charge is -2.19. The highest BCUT2D eigenvalue weighted by Crippen LogP contribution is 2.44. The number of ether oxygens (including phenoxy) is 1. The highest BCUT2D eigenvalue weighted by atomic mass is 35.5. The summed E-state index contributed by atoms with van der Waals surface area (Å²) in [7, 11) is 1.77. The lowest BCUT2D eigenvalue weighted by Crippen LogP contribution is -2.14. The van der Waals surface area contributed by atoms with Crippen LogP contribution in [0, 0.1) is 5.92 Å². The van der Waals surface area contributed by atoms with Crippen molar-refractivity contribution in [2.75, 3.05) is 4.72 Å². The molecule has 0 saturated heterocycles. The Labute approximate surface area is 222 Å². The summed E-state index contributed by atoms with van der Waals surface area (Å²) < 4.78 is 54.0. The van der Waals surface area contributed by atoms with Crippen LogP contribution in [0.2, 0.25) is 5.02 Å². The average molecular weight is 548 g/mol. The SMILES string of the molecule is CC(C)CCc1ccccc1-c1nc(NSc2cnn(C)c2)nc(Oc2ccc(Cl)cc2)c1C(F)(F)F. The summed E-state index contributed by atoms with van der Waals surface area (Å²) in [5, 5.41) is 4.53. The summed E-state index contributed by atoms with van der Waals surface area (Å²) in [4.78, 5) is 9.21. The van der Waals surface area contributed by atoms with Gasteiger partial charge in [-0.25, -0.2) is 4.98 Å². The molecule has 6 nitrogen and oxygen atoms in total. The lowest BCUT2D eigenvalue weighted by molar-refractivity contribution is -0.138. The standard InChI is InChI=1S/C26H25ClF3N5OS/c1-16(2)8-9-17-6-4-5-7-21(17)23-22(26(28,29)30)24(36-19-12-10-18(27)11-13-19)33-25(32-23)34-37-20-14-31-35(3)15-20/h4-7,10-16H,8-9H2,1-3H3,(H,32,33,34). The molecule has 11 heteroatoms. The van der Waals surface area contributed by atoms with Crippen LogP contribution in [0.3, 0.4) is 0 Å². The second-order valence-electron chi connectivity index (χ2n) is 8.77. The van der Waals surface area contributed by atoms with E-state index in [0.29, 0.717) is 22.9 Å². The predicted octanol–water partition coefficient (Wildman–Crippen LogP) is 8.05. The van der Waals surface area contributed by atoms with E-state index in [0.717, 1.165) is 28.8 Å². The van der Waals surface area contributed by atoms with Gasteiger partial charge in [-0.3, -0.25) is 9.40 Å². The first kappa shape index (κ1) is 26.8. The van der Waals surface area contributed by atoms with Crippen LogP contribution in [0.1, 0.15) is 31.4 Å². The van der Waals surface area contributed by atoms with E-state index in [1.54, 1.807) is 36.3 Å². The number of hydrogen-bond donors (Lipinski definition) is 1. The first-order valence-electron chi connectivity index (χ1n) is 11.5. The van der Waals surface area contributed by atoms with Gasteiger partial charge in [0.1, 0.15) is 11.3 Å². The number of hydrogen-bond acceptors (Lipinski definition) is 6. The zero-order valence-corrected chi connectivity index (χ0v) is 22.0. The molecule has 0 amide bonds. The van der Waals surface area contributed by atoms with Crippen molar-refractivity contribution in [2.24, 2.45) is 13.0 Å². The summed E-state index contributed by atoms with van der Waals surface area (Å²) in [5.74, 6) is -0.0804. The largest absolute Gasteiger partial charge is 0.438 e. The first-order chi connectivity index (χ1) is 17.6. The summed E-state index contributed by atoms with van der Waals surface area (Å²) in [6, 6.07) is 13.0. The maximum absolute atomic E-state index is 14.6. The molecule has 194 valence electrons. The summed E-state index contributed by atoms with van der Waals surface area (Å²) in [5.41, 5.74) is -0.145. The van der Waals surface area contributed by atoms with Crippen LogP contribution in [0.4, 0.5) is 19.1 Å². The molecule has 0 aliphatic rings. The molecule has 0 spiro atoms. The monoisotopic (exact) mass is 547 g/mol. The molecule has 0 saturated carbocycles. The molecule has 0 atom stereocenters. The second kappa shape index (κ2) is 11.4. The summed E-state index contributed by atoms with van der Waals surface area (Å²) in [6.45, 7) is 4.15. The van der Waals surface area contributed by atoms with Crippen LogP contribution in [0.15, 0.2) is 65.8 Å². The van der Waals surface area contributed by atoms with Gasteiger partial charge in [-0.2, -0.15) is 23.3 Å². The molecule has 0 aliphatic carbocycles. The fourth-order valence-electron chi connectivity index (χ4n) is 3.59. The number of alkyl halides is 3. The first-order valence-corrected chi connectivity index (χ1v) is 12.7. The molecular formula is C26H25ClF3N5OS. The van der Waals surface area contributed by atoms with Crippen molar-refractivity contribution >= 4 is 29.5 Å². The van der Waals surface area contributed by atoms with E-state index in [2.05, 4.69) is 33.6 Å². The van der Waals surface area contributed by atoms with Crippen LogP contribution in [0.5, 0.6) is 11.6 Å². The highest BCUT2D eigenvalue weighted by molar-refractivity contribution is 8.00. The number of benzene rings is 2. The van der Waals surface area contributed by atoms with E-state index in [4.69, 9.17) is 16.3 Å². The number of rotatable bonds is 9. The maximum atomic E-state index is 14.6. The van der Waals surface area contributed by atoms with E-state index < -0.39 is 17.6 Å². The number of nitrogens with zero attached hydrogens (tertiary/aromatic N) is 4. The van der Waals surface area contributed by atoms with Crippen molar-refractivity contribution in [1.82, 2.24) is 19.7 Å². The smallest absolute Gasteiger partial charge is 0.423 e. The van der Waals surface area contributed by atoms with Gasteiger partial charge in [0.25, 0.3) is 0 Å². The molecule has 0 unspecified atom stereocenters. The Balaban J connectivity index is 1.85. The van der Waals surface area contributed by atoms with Crippen molar-refractivity contribution in [3.05, 3.63) is 77.1 Å². The molecule has 1 N–H and O–H groups in total. The van der Waals surface area contributed by atoms with Crippen molar-refractivity contribution in [3.8, 4) is 22.9 Å². The van der Waals surface area contributed by atoms with Gasteiger partial charge in [0.15, 0.2) is 0 Å². The van der Waals surface area contributed by atoms with Gasteiger partial charge in [-0.1, -0.05) is 49.7 Å². The Morgan fingerprint density at radius 2 is 1.81 bits per heavy atom. The third-order valence-corrected chi connectivity index (χ3v) is 6.38. The minimum atomic E-state index is -4.78. The van der Waals surface area contributed by atoms with Crippen molar-refractivity contribution in [1.29, 1.82) is 0 Å². The normalized spacial score (nSPS) is 11.7. The molecule has 0 aliphatic heterocycles. The topological polar surface area (TPSA) is 64.9 Å². The number of aryl methyl sites for hydroxylation is 2. The molecule has 2 aromatic carbocycles. The van der Waals surface area contributed by atoms with Gasteiger partial charge < -0.3 is 4.74 Å². The highest BCUT2D eigenvalue weighted by Gasteiger charge is 2.41. The number of anilines is 1. The molecule has 2 aromatic heterocycles. The minimum Gasteiger partial charge on any atom is -0.438 e. The number of nitrogens with one attached hydrogen (secondary N) is 1. The molecule has 0 radical (unpaired) electrons. The van der Waals surface area contributed by atoms with Crippen molar-refractivity contribution in [2.45, 2.75) is 37.8 Å². The molecule has 0 fully saturated rings. The molecule has 2 heterocycles. The van der Waals surface area contributed by atoms with Gasteiger partial charge >= 0.3 is 6.18 Å². The molecule has 4 rings (SSSR count). The summed E-state index contributed by atoms with van der Waals surface area (Å²) >= 11 is 7.07. The Bertz CT molecular complexity index is 1360. The third-order valence-electron chi connectivity index (χ3n) is 5.39. The zero-order valence-electron chi connectivity index (χ0n) is 20.4. The second-order valence-corrected chi connectivity index (χ2v) is 10.1. The Morgan fingerprint density at radius 1 is 1.08 bits per heavy atom. The van der Waals surface area contributed by atoms with Gasteiger partial charge in [0, 0.05) is 23.8 Å². The third kappa shape index (κ3) is 6.95. The number of aromatic nitrogens is 4. The fourth-order valence-corrected chi connectivity index (χ4v) is 4.33. The maximum Gasteiger partial charge on any atom is 0.423 e. The Kier molecular flexibility index (Phi) is 8.29. The van der Waals surface area contributed by atoms with Crippen LogP contribution < -0.4 is 9.46 Å². The van der Waals surface area contributed by atoms with E-state index in [1.165, 1.54) is 24.3 Å². The molecule has 0 bridgehead atoms. The van der Waals surface area contributed by atoms with Crippen molar-refractivity contribution < 1.29 is 17.9 Å². The van der Waals surface area contributed by atoms with Gasteiger partial charge in [-0.05, 0) is 60.5 Å². The van der Waals surface area contributed by atoms with Crippen LogP contribution in [-0.4, -0.2) is 19.7 Å². The Morgan fingerprint density at radius 3 is 2.46 bits per heavy atom. The van der Waals surface area contributed by atoms with E-state index >= 15 is 0 Å². The van der Waals surface area contributed by atoms with Crippen LogP contribution >= 0.6 is 23.5 Å². The number of halogens is 4.